The summed E-state index contributed by atoms with van der Waals surface area (Å²) in [5.41, 5.74) is 1.77. The van der Waals surface area contributed by atoms with Crippen molar-refractivity contribution >= 4 is 22.8 Å². The molecule has 4 heterocycles. The molecular formula is C16H13N5O3. The van der Waals surface area contributed by atoms with Gasteiger partial charge in [0.2, 0.25) is 0 Å². The number of carbonyl (C=O) groups is 1. The van der Waals surface area contributed by atoms with Gasteiger partial charge in [-0.15, -0.1) is 0 Å². The number of aromatic nitrogens is 4. The average Bonchev–Trinajstić information content (AvgIpc) is 3.29. The summed E-state index contributed by atoms with van der Waals surface area (Å²) in [5.74, 6) is 0.680. The molecule has 0 aromatic carbocycles. The van der Waals surface area contributed by atoms with Gasteiger partial charge in [-0.05, 0) is 25.1 Å². The molecule has 0 aliphatic heterocycles. The molecule has 0 bridgehead atoms. The molecule has 0 atom stereocenters. The molecule has 0 unspecified atom stereocenters. The predicted molar refractivity (Wildman–Crippen MR) is 85.4 cm³/mol. The lowest BCUT2D eigenvalue weighted by Crippen LogP contribution is -2.13. The zero-order valence-electron chi connectivity index (χ0n) is 13.0. The number of anilines is 1. The van der Waals surface area contributed by atoms with Crippen LogP contribution in [0.2, 0.25) is 0 Å². The minimum atomic E-state index is -0.319. The van der Waals surface area contributed by atoms with Crippen LogP contribution in [0.25, 0.3) is 22.6 Å². The molecule has 24 heavy (non-hydrogen) atoms. The molecular weight excluding hydrogens is 310 g/mol. The van der Waals surface area contributed by atoms with Crippen LogP contribution >= 0.6 is 0 Å². The Labute approximate surface area is 136 Å². The number of nitrogens with one attached hydrogen (secondary N) is 1. The molecule has 0 aliphatic carbocycles. The zero-order chi connectivity index (χ0) is 16.7. The monoisotopic (exact) mass is 323 g/mol. The highest BCUT2D eigenvalue weighted by atomic mass is 16.5. The predicted octanol–water partition coefficient (Wildman–Crippen LogP) is 2.78. The van der Waals surface area contributed by atoms with Crippen molar-refractivity contribution in [1.82, 2.24) is 19.9 Å². The number of fused-ring (bicyclic) bond motifs is 1. The molecule has 0 fully saturated rings. The number of furan rings is 1. The van der Waals surface area contributed by atoms with E-state index in [1.165, 1.54) is 0 Å². The van der Waals surface area contributed by atoms with Gasteiger partial charge in [0.1, 0.15) is 5.69 Å². The molecule has 1 amide bonds. The van der Waals surface area contributed by atoms with Crippen molar-refractivity contribution in [2.75, 3.05) is 5.32 Å². The molecule has 8 nitrogen and oxygen atoms in total. The number of pyridine rings is 1. The lowest BCUT2D eigenvalue weighted by atomic mass is 10.1. The summed E-state index contributed by atoms with van der Waals surface area (Å²) >= 11 is 0. The highest BCUT2D eigenvalue weighted by Crippen LogP contribution is 2.27. The molecule has 8 heteroatoms. The molecule has 0 saturated heterocycles. The Balaban J connectivity index is 1.83. The van der Waals surface area contributed by atoms with Gasteiger partial charge in [0.25, 0.3) is 11.6 Å². The summed E-state index contributed by atoms with van der Waals surface area (Å²) in [5, 5.41) is 11.4. The third-order valence-electron chi connectivity index (χ3n) is 3.59. The maximum absolute atomic E-state index is 12.7. The first-order chi connectivity index (χ1) is 11.6. The van der Waals surface area contributed by atoms with E-state index in [1.807, 2.05) is 0 Å². The molecule has 120 valence electrons. The van der Waals surface area contributed by atoms with Crippen molar-refractivity contribution in [2.24, 2.45) is 7.05 Å². The van der Waals surface area contributed by atoms with Crippen molar-refractivity contribution in [2.45, 2.75) is 6.92 Å². The van der Waals surface area contributed by atoms with Gasteiger partial charge in [0.15, 0.2) is 11.6 Å². The van der Waals surface area contributed by atoms with Gasteiger partial charge in [-0.25, -0.2) is 4.98 Å². The third kappa shape index (κ3) is 2.34. The number of rotatable bonds is 3. The Bertz CT molecular complexity index is 1030. The second kappa shape index (κ2) is 5.34. The number of aryl methyl sites for hydroxylation is 2. The standard InChI is InChI=1S/C16H13N5O3/c1-9-14-10(15(22)18-13-5-6-21(2)19-13)8-11(12-4-3-7-23-12)17-16(14)24-20-9/h3-8H,1-2H3,(H,18,19,22). The second-order valence-corrected chi connectivity index (χ2v) is 5.31. The van der Waals surface area contributed by atoms with Crippen LogP contribution < -0.4 is 5.32 Å². The second-order valence-electron chi connectivity index (χ2n) is 5.31. The van der Waals surface area contributed by atoms with Crippen LogP contribution in [0.4, 0.5) is 5.82 Å². The quantitative estimate of drug-likeness (QED) is 0.622. The van der Waals surface area contributed by atoms with Gasteiger partial charge in [-0.3, -0.25) is 9.48 Å². The molecule has 0 saturated carbocycles. The fourth-order valence-electron chi connectivity index (χ4n) is 2.49. The van der Waals surface area contributed by atoms with E-state index in [0.29, 0.717) is 33.9 Å². The molecule has 1 N–H and O–H groups in total. The molecule has 0 aliphatic rings. The van der Waals surface area contributed by atoms with Crippen LogP contribution in [0.3, 0.4) is 0 Å². The first-order valence-electron chi connectivity index (χ1n) is 7.24. The van der Waals surface area contributed by atoms with E-state index < -0.39 is 0 Å². The highest BCUT2D eigenvalue weighted by molar-refractivity contribution is 6.12. The number of amides is 1. The topological polar surface area (TPSA) is 99.0 Å². The van der Waals surface area contributed by atoms with Gasteiger partial charge in [0.05, 0.1) is 22.9 Å². The van der Waals surface area contributed by atoms with E-state index in [-0.39, 0.29) is 11.6 Å². The first-order valence-corrected chi connectivity index (χ1v) is 7.24. The van der Waals surface area contributed by atoms with Crippen molar-refractivity contribution in [1.29, 1.82) is 0 Å². The number of hydrogen-bond donors (Lipinski definition) is 1. The van der Waals surface area contributed by atoms with Gasteiger partial charge in [0, 0.05) is 19.3 Å². The SMILES string of the molecule is Cc1noc2nc(-c3ccco3)cc(C(=O)Nc3ccn(C)n3)c12. The van der Waals surface area contributed by atoms with Crippen molar-refractivity contribution in [3.05, 3.63) is 48.0 Å². The number of hydrogen-bond acceptors (Lipinski definition) is 6. The maximum atomic E-state index is 12.7. The van der Waals surface area contributed by atoms with Crippen LogP contribution in [0.15, 0.2) is 45.7 Å². The fourth-order valence-corrected chi connectivity index (χ4v) is 2.49. The van der Waals surface area contributed by atoms with E-state index in [0.717, 1.165) is 0 Å². The summed E-state index contributed by atoms with van der Waals surface area (Å²) in [6.45, 7) is 1.76. The molecule has 4 aromatic heterocycles. The maximum Gasteiger partial charge on any atom is 0.259 e. The Morgan fingerprint density at radius 3 is 2.92 bits per heavy atom. The van der Waals surface area contributed by atoms with Crippen LogP contribution in [0, 0.1) is 6.92 Å². The molecule has 0 radical (unpaired) electrons. The number of carbonyl (C=O) groups excluding carboxylic acids is 1. The van der Waals surface area contributed by atoms with E-state index >= 15 is 0 Å². The Kier molecular flexibility index (Phi) is 3.16. The lowest BCUT2D eigenvalue weighted by molar-refractivity contribution is 0.102. The van der Waals surface area contributed by atoms with Crippen LogP contribution in [-0.2, 0) is 7.05 Å². The Morgan fingerprint density at radius 1 is 1.33 bits per heavy atom. The highest BCUT2D eigenvalue weighted by Gasteiger charge is 2.20. The third-order valence-corrected chi connectivity index (χ3v) is 3.59. The van der Waals surface area contributed by atoms with Crippen molar-refractivity contribution in [3.8, 4) is 11.5 Å². The van der Waals surface area contributed by atoms with Crippen molar-refractivity contribution in [3.63, 3.8) is 0 Å². The molecule has 0 spiro atoms. The van der Waals surface area contributed by atoms with Crippen molar-refractivity contribution < 1.29 is 13.7 Å². The average molecular weight is 323 g/mol. The zero-order valence-corrected chi connectivity index (χ0v) is 13.0. The Morgan fingerprint density at radius 2 is 2.21 bits per heavy atom. The van der Waals surface area contributed by atoms with E-state index in [4.69, 9.17) is 8.94 Å². The molecule has 4 rings (SSSR count). The largest absolute Gasteiger partial charge is 0.463 e. The van der Waals surface area contributed by atoms with Gasteiger partial charge in [-0.2, -0.15) is 5.10 Å². The minimum absolute atomic E-state index is 0.285. The van der Waals surface area contributed by atoms with E-state index in [2.05, 4.69) is 20.6 Å². The number of nitrogens with zero attached hydrogens (tertiary/aromatic N) is 4. The lowest BCUT2D eigenvalue weighted by Gasteiger charge is -2.05. The van der Waals surface area contributed by atoms with Crippen LogP contribution in [0.5, 0.6) is 0 Å². The summed E-state index contributed by atoms with van der Waals surface area (Å²) in [6.07, 6.45) is 3.29. The summed E-state index contributed by atoms with van der Waals surface area (Å²) in [7, 11) is 1.78. The normalized spacial score (nSPS) is 11.1. The van der Waals surface area contributed by atoms with Gasteiger partial charge >= 0.3 is 0 Å². The van der Waals surface area contributed by atoms with Gasteiger partial charge < -0.3 is 14.3 Å². The smallest absolute Gasteiger partial charge is 0.259 e. The molecule has 4 aromatic rings. The van der Waals surface area contributed by atoms with Crippen LogP contribution in [0.1, 0.15) is 16.1 Å². The minimum Gasteiger partial charge on any atom is -0.463 e. The fraction of sp³-hybridized carbons (Fsp3) is 0.125. The van der Waals surface area contributed by atoms with E-state index in [9.17, 15) is 4.79 Å². The van der Waals surface area contributed by atoms with Gasteiger partial charge in [-0.1, -0.05) is 5.16 Å². The summed E-state index contributed by atoms with van der Waals surface area (Å²) in [6, 6.07) is 6.88. The first kappa shape index (κ1) is 14.2. The van der Waals surface area contributed by atoms with E-state index in [1.54, 1.807) is 55.4 Å². The Hall–Kier alpha value is -3.42. The summed E-state index contributed by atoms with van der Waals surface area (Å²) < 4.78 is 12.2. The summed E-state index contributed by atoms with van der Waals surface area (Å²) in [4.78, 5) is 17.1. The van der Waals surface area contributed by atoms with Crippen LogP contribution in [-0.4, -0.2) is 25.8 Å².